The van der Waals surface area contributed by atoms with Gasteiger partial charge in [0.2, 0.25) is 9.97 Å². The van der Waals surface area contributed by atoms with E-state index in [2.05, 4.69) is 20.6 Å². The van der Waals surface area contributed by atoms with Crippen LogP contribution in [-0.2, 0) is 0 Å². The van der Waals surface area contributed by atoms with Crippen molar-refractivity contribution < 1.29 is 4.79 Å². The van der Waals surface area contributed by atoms with E-state index in [0.29, 0.717) is 9.97 Å². The number of hydrogen-bond acceptors (Lipinski definition) is 5. The molecule has 2 aromatic heterocycles. The maximum Gasteiger partial charge on any atom is 0.286 e. The smallest absolute Gasteiger partial charge is 0.286 e. The number of amides is 1. The molecule has 0 saturated carbocycles. The van der Waals surface area contributed by atoms with Gasteiger partial charge in [0.25, 0.3) is 5.91 Å². The van der Waals surface area contributed by atoms with E-state index >= 15 is 0 Å². The number of anilines is 1. The van der Waals surface area contributed by atoms with Gasteiger partial charge in [-0.15, -0.1) is 15.3 Å². The van der Waals surface area contributed by atoms with Crippen LogP contribution in [0.5, 0.6) is 0 Å². The maximum absolute atomic E-state index is 12.0. The minimum Gasteiger partial charge on any atom is -0.320 e. The van der Waals surface area contributed by atoms with Crippen molar-refractivity contribution >= 4 is 27.9 Å². The molecule has 0 bridgehead atoms. The van der Waals surface area contributed by atoms with E-state index in [-0.39, 0.29) is 5.91 Å². The highest BCUT2D eigenvalue weighted by Crippen LogP contribution is 2.15. The Morgan fingerprint density at radius 3 is 3.11 bits per heavy atom. The number of carbonyl (C=O) groups excluding carboxylic acids is 1. The van der Waals surface area contributed by atoms with E-state index < -0.39 is 0 Å². The first-order chi connectivity index (χ1) is 8.72. The lowest BCUT2D eigenvalue weighted by molar-refractivity contribution is 0.102. The van der Waals surface area contributed by atoms with Gasteiger partial charge in [-0.2, -0.15) is 4.52 Å². The number of fused-ring (bicyclic) bond motifs is 1. The lowest BCUT2D eigenvalue weighted by Gasteiger charge is -2.02. The van der Waals surface area contributed by atoms with Crippen LogP contribution in [0.15, 0.2) is 30.6 Å². The summed E-state index contributed by atoms with van der Waals surface area (Å²) in [7, 11) is 0. The van der Waals surface area contributed by atoms with Crippen molar-refractivity contribution in [3.63, 3.8) is 0 Å². The summed E-state index contributed by atoms with van der Waals surface area (Å²) in [5.74, 6) is -0.240. The largest absolute Gasteiger partial charge is 0.320 e. The molecule has 0 unspecified atom stereocenters. The summed E-state index contributed by atoms with van der Waals surface area (Å²) in [6.45, 7) is 1.97. The van der Waals surface area contributed by atoms with E-state index in [4.69, 9.17) is 0 Å². The Morgan fingerprint density at radius 1 is 1.44 bits per heavy atom. The number of nitrogens with zero attached hydrogens (tertiary/aromatic N) is 4. The minimum absolute atomic E-state index is 0.240. The van der Waals surface area contributed by atoms with Crippen molar-refractivity contribution in [2.45, 2.75) is 6.92 Å². The number of benzene rings is 1. The second-order valence-corrected chi connectivity index (χ2v) is 4.74. The SMILES string of the molecule is Cc1cccc(NC(=O)c2nn3cnnc3s2)c1. The van der Waals surface area contributed by atoms with Gasteiger partial charge in [0.05, 0.1) is 0 Å². The summed E-state index contributed by atoms with van der Waals surface area (Å²) in [6.07, 6.45) is 1.47. The third-order valence-electron chi connectivity index (χ3n) is 2.36. The number of hydrogen-bond donors (Lipinski definition) is 1. The molecule has 0 radical (unpaired) electrons. The van der Waals surface area contributed by atoms with E-state index in [1.807, 2.05) is 31.2 Å². The van der Waals surface area contributed by atoms with Gasteiger partial charge in [-0.25, -0.2) is 0 Å². The van der Waals surface area contributed by atoms with Crippen molar-refractivity contribution in [1.82, 2.24) is 19.8 Å². The standard InChI is InChI=1S/C11H9N5OS/c1-7-3-2-4-8(5-7)13-9(17)10-15-16-6-12-14-11(16)18-10/h2-6H,1H3,(H,13,17). The average molecular weight is 259 g/mol. The zero-order valence-corrected chi connectivity index (χ0v) is 10.3. The summed E-state index contributed by atoms with van der Waals surface area (Å²) in [6, 6.07) is 7.60. The fraction of sp³-hybridized carbons (Fsp3) is 0.0909. The third-order valence-corrected chi connectivity index (χ3v) is 3.27. The quantitative estimate of drug-likeness (QED) is 0.761. The Morgan fingerprint density at radius 2 is 2.33 bits per heavy atom. The van der Waals surface area contributed by atoms with Gasteiger partial charge in [0, 0.05) is 5.69 Å². The lowest BCUT2D eigenvalue weighted by atomic mass is 10.2. The molecule has 90 valence electrons. The Bertz CT molecular complexity index is 688. The molecule has 18 heavy (non-hydrogen) atoms. The van der Waals surface area contributed by atoms with Crippen molar-refractivity contribution in [3.8, 4) is 0 Å². The molecule has 1 aromatic carbocycles. The molecule has 6 nitrogen and oxygen atoms in total. The van der Waals surface area contributed by atoms with Gasteiger partial charge >= 0.3 is 0 Å². The fourth-order valence-electron chi connectivity index (χ4n) is 1.56. The first kappa shape index (κ1) is 10.8. The molecular weight excluding hydrogens is 250 g/mol. The fourth-order valence-corrected chi connectivity index (χ4v) is 2.27. The molecule has 2 heterocycles. The van der Waals surface area contributed by atoms with Gasteiger partial charge < -0.3 is 5.32 Å². The topological polar surface area (TPSA) is 72.2 Å². The normalized spacial score (nSPS) is 10.7. The van der Waals surface area contributed by atoms with Crippen molar-refractivity contribution in [2.75, 3.05) is 5.32 Å². The molecule has 3 rings (SSSR count). The number of carbonyl (C=O) groups is 1. The maximum atomic E-state index is 12.0. The highest BCUT2D eigenvalue weighted by molar-refractivity contribution is 7.18. The minimum atomic E-state index is -0.240. The Labute approximate surface area is 106 Å². The number of nitrogens with one attached hydrogen (secondary N) is 1. The van der Waals surface area contributed by atoms with Crippen LogP contribution in [0.2, 0.25) is 0 Å². The predicted octanol–water partition coefficient (Wildman–Crippen LogP) is 1.75. The molecule has 1 N–H and O–H groups in total. The van der Waals surface area contributed by atoms with E-state index in [9.17, 15) is 4.79 Å². The van der Waals surface area contributed by atoms with Gasteiger partial charge in [0.1, 0.15) is 6.33 Å². The molecule has 0 atom stereocenters. The molecule has 7 heteroatoms. The van der Waals surface area contributed by atoms with Crippen LogP contribution in [0.3, 0.4) is 0 Å². The average Bonchev–Trinajstić information content (AvgIpc) is 2.88. The Balaban J connectivity index is 1.85. The molecule has 1 amide bonds. The van der Waals surface area contributed by atoms with Gasteiger partial charge in [-0.05, 0) is 24.6 Å². The van der Waals surface area contributed by atoms with E-state index in [1.54, 1.807) is 0 Å². The number of aromatic nitrogens is 4. The lowest BCUT2D eigenvalue weighted by Crippen LogP contribution is -2.12. The van der Waals surface area contributed by atoms with Gasteiger partial charge in [-0.3, -0.25) is 4.79 Å². The van der Waals surface area contributed by atoms with Crippen LogP contribution in [0.4, 0.5) is 5.69 Å². The second-order valence-electron chi connectivity index (χ2n) is 3.79. The summed E-state index contributed by atoms with van der Waals surface area (Å²) in [5.41, 5.74) is 1.84. The molecule has 0 spiro atoms. The molecule has 0 saturated heterocycles. The number of rotatable bonds is 2. The molecule has 3 aromatic rings. The molecule has 0 fully saturated rings. The van der Waals surface area contributed by atoms with Crippen LogP contribution in [-0.4, -0.2) is 25.7 Å². The monoisotopic (exact) mass is 259 g/mol. The van der Waals surface area contributed by atoms with E-state index in [1.165, 1.54) is 22.2 Å². The van der Waals surface area contributed by atoms with Crippen LogP contribution in [0.1, 0.15) is 15.4 Å². The zero-order chi connectivity index (χ0) is 12.5. The summed E-state index contributed by atoms with van der Waals surface area (Å²) in [4.78, 5) is 12.6. The van der Waals surface area contributed by atoms with Crippen molar-refractivity contribution in [2.24, 2.45) is 0 Å². The first-order valence-electron chi connectivity index (χ1n) is 5.27. The van der Waals surface area contributed by atoms with Crippen LogP contribution in [0, 0.1) is 6.92 Å². The molecular formula is C11H9N5OS. The Kier molecular flexibility index (Phi) is 2.52. The summed E-state index contributed by atoms with van der Waals surface area (Å²) >= 11 is 1.20. The highest BCUT2D eigenvalue weighted by Gasteiger charge is 2.13. The Hall–Kier alpha value is -2.28. The van der Waals surface area contributed by atoms with Gasteiger partial charge in [-0.1, -0.05) is 23.5 Å². The summed E-state index contributed by atoms with van der Waals surface area (Å²) < 4.78 is 1.48. The predicted molar refractivity (Wildman–Crippen MR) is 67.8 cm³/mol. The van der Waals surface area contributed by atoms with Gasteiger partial charge in [0.15, 0.2) is 0 Å². The molecule has 0 aliphatic heterocycles. The molecule has 0 aliphatic rings. The van der Waals surface area contributed by atoms with Crippen molar-refractivity contribution in [3.05, 3.63) is 41.2 Å². The first-order valence-corrected chi connectivity index (χ1v) is 6.09. The zero-order valence-electron chi connectivity index (χ0n) is 9.49. The summed E-state index contributed by atoms with van der Waals surface area (Å²) in [5, 5.41) is 14.8. The van der Waals surface area contributed by atoms with Crippen LogP contribution in [0.25, 0.3) is 4.96 Å². The molecule has 0 aliphatic carbocycles. The van der Waals surface area contributed by atoms with Crippen LogP contribution < -0.4 is 5.32 Å². The number of aryl methyl sites for hydroxylation is 1. The third kappa shape index (κ3) is 1.95. The highest BCUT2D eigenvalue weighted by atomic mass is 32.1. The van der Waals surface area contributed by atoms with Crippen LogP contribution >= 0.6 is 11.3 Å². The van der Waals surface area contributed by atoms with Crippen molar-refractivity contribution in [1.29, 1.82) is 0 Å². The van der Waals surface area contributed by atoms with E-state index in [0.717, 1.165) is 11.3 Å². The second kappa shape index (κ2) is 4.19.